The van der Waals surface area contributed by atoms with Gasteiger partial charge < -0.3 is 9.69 Å². The van der Waals surface area contributed by atoms with E-state index in [0.717, 1.165) is 43.3 Å². The molecule has 0 radical (unpaired) electrons. The third kappa shape index (κ3) is 2.34. The van der Waals surface area contributed by atoms with Crippen LogP contribution in [0.15, 0.2) is 54.1 Å². The Hall–Kier alpha value is -2.19. The molecule has 23 heavy (non-hydrogen) atoms. The molecule has 0 atom stereocenters. The topological polar surface area (TPSA) is 20.3 Å². The van der Waals surface area contributed by atoms with Gasteiger partial charge in [0.25, 0.3) is 0 Å². The largest absolute Gasteiger partial charge is 0.306 e. The van der Waals surface area contributed by atoms with Crippen molar-refractivity contribution < 1.29 is 4.79 Å². The van der Waals surface area contributed by atoms with Crippen LogP contribution in [0.1, 0.15) is 41.0 Å². The molecule has 1 saturated heterocycles. The van der Waals surface area contributed by atoms with Crippen molar-refractivity contribution in [1.82, 2.24) is 4.90 Å². The fourth-order valence-corrected chi connectivity index (χ4v) is 3.97. The molecule has 2 aromatic carbocycles. The van der Waals surface area contributed by atoms with Crippen molar-refractivity contribution in [2.45, 2.75) is 18.8 Å². The third-order valence-corrected chi connectivity index (χ3v) is 5.21. The lowest BCUT2D eigenvalue weighted by molar-refractivity contribution is -0.108. The van der Waals surface area contributed by atoms with Crippen LogP contribution in [-0.4, -0.2) is 31.3 Å². The summed E-state index contributed by atoms with van der Waals surface area (Å²) in [5.41, 5.74) is 7.73. The number of hydrogen-bond acceptors (Lipinski definition) is 2. The highest BCUT2D eigenvalue weighted by Gasteiger charge is 2.30. The lowest BCUT2D eigenvalue weighted by atomic mass is 9.73. The molecule has 4 rings (SSSR count). The maximum absolute atomic E-state index is 11.8. The molecule has 2 nitrogen and oxygen atoms in total. The van der Waals surface area contributed by atoms with E-state index in [1.54, 1.807) is 0 Å². The van der Waals surface area contributed by atoms with Crippen molar-refractivity contribution in [1.29, 1.82) is 0 Å². The molecule has 0 bridgehead atoms. The van der Waals surface area contributed by atoms with Crippen LogP contribution < -0.4 is 0 Å². The minimum absolute atomic E-state index is 0.141. The molecule has 0 unspecified atom stereocenters. The lowest BCUT2D eigenvalue weighted by Crippen LogP contribution is -2.27. The summed E-state index contributed by atoms with van der Waals surface area (Å²) < 4.78 is 0. The molecule has 2 heteroatoms. The van der Waals surface area contributed by atoms with E-state index in [4.69, 9.17) is 0 Å². The first-order valence-electron chi connectivity index (χ1n) is 8.34. The van der Waals surface area contributed by atoms with E-state index in [1.165, 1.54) is 22.3 Å². The van der Waals surface area contributed by atoms with Gasteiger partial charge in [-0.3, -0.25) is 0 Å². The van der Waals surface area contributed by atoms with Crippen molar-refractivity contribution in [2.24, 2.45) is 0 Å². The van der Waals surface area contributed by atoms with E-state index in [9.17, 15) is 4.79 Å². The second kappa shape index (κ2) is 5.78. The van der Waals surface area contributed by atoms with Crippen molar-refractivity contribution in [3.8, 4) is 0 Å². The summed E-state index contributed by atoms with van der Waals surface area (Å²) in [7, 11) is 2.19. The molecule has 1 fully saturated rings. The van der Waals surface area contributed by atoms with Gasteiger partial charge in [0, 0.05) is 13.1 Å². The van der Waals surface area contributed by atoms with Gasteiger partial charge in [-0.05, 0) is 47.7 Å². The zero-order chi connectivity index (χ0) is 15.8. The zero-order valence-electron chi connectivity index (χ0n) is 13.5. The Morgan fingerprint density at radius 1 is 0.913 bits per heavy atom. The molecule has 1 aliphatic carbocycles. The maximum Gasteiger partial charge on any atom is 0.131 e. The van der Waals surface area contributed by atoms with Gasteiger partial charge in [-0.1, -0.05) is 54.1 Å². The van der Waals surface area contributed by atoms with Crippen molar-refractivity contribution in [3.05, 3.63) is 76.4 Å². The predicted octanol–water partition coefficient (Wildman–Crippen LogP) is 3.86. The van der Waals surface area contributed by atoms with Crippen LogP contribution in [0, 0.1) is 0 Å². The van der Waals surface area contributed by atoms with E-state index in [-0.39, 0.29) is 5.92 Å². The number of benzene rings is 2. The van der Waals surface area contributed by atoms with Crippen molar-refractivity contribution in [3.63, 3.8) is 0 Å². The van der Waals surface area contributed by atoms with E-state index in [1.807, 2.05) is 12.1 Å². The number of fused-ring (bicyclic) bond motifs is 2. The fraction of sp³-hybridized carbons (Fsp3) is 0.286. The van der Waals surface area contributed by atoms with Gasteiger partial charge in [-0.15, -0.1) is 0 Å². The number of aldehydes is 1. The first-order valence-corrected chi connectivity index (χ1v) is 8.34. The highest BCUT2D eigenvalue weighted by Crippen LogP contribution is 2.44. The smallest absolute Gasteiger partial charge is 0.131 e. The minimum Gasteiger partial charge on any atom is -0.306 e. The summed E-state index contributed by atoms with van der Waals surface area (Å²) in [4.78, 5) is 14.2. The molecular formula is C21H21NO. The van der Waals surface area contributed by atoms with Crippen LogP contribution in [-0.2, 0) is 4.79 Å². The average molecular weight is 303 g/mol. The number of nitrogens with zero attached hydrogens (tertiary/aromatic N) is 1. The van der Waals surface area contributed by atoms with Gasteiger partial charge in [0.1, 0.15) is 6.29 Å². The number of piperidine rings is 1. The molecule has 0 N–H and O–H groups in total. The summed E-state index contributed by atoms with van der Waals surface area (Å²) in [6, 6.07) is 16.8. The first-order chi connectivity index (χ1) is 11.3. The fourth-order valence-electron chi connectivity index (χ4n) is 3.97. The van der Waals surface area contributed by atoms with E-state index >= 15 is 0 Å². The highest BCUT2D eigenvalue weighted by atomic mass is 16.1. The quantitative estimate of drug-likeness (QED) is 0.746. The van der Waals surface area contributed by atoms with Crippen LogP contribution in [0.2, 0.25) is 0 Å². The van der Waals surface area contributed by atoms with Crippen LogP contribution in [0.3, 0.4) is 0 Å². The summed E-state index contributed by atoms with van der Waals surface area (Å²) >= 11 is 0. The Bertz CT molecular complexity index is 730. The second-order valence-corrected chi connectivity index (χ2v) is 6.57. The van der Waals surface area contributed by atoms with Gasteiger partial charge in [0.15, 0.2) is 0 Å². The Labute approximate surface area is 137 Å². The lowest BCUT2D eigenvalue weighted by Gasteiger charge is -2.32. The summed E-state index contributed by atoms with van der Waals surface area (Å²) in [5.74, 6) is -0.141. The Morgan fingerprint density at radius 2 is 1.43 bits per heavy atom. The number of rotatable bonds is 1. The Kier molecular flexibility index (Phi) is 3.62. The summed E-state index contributed by atoms with van der Waals surface area (Å²) in [6.45, 7) is 2.22. The van der Waals surface area contributed by atoms with Gasteiger partial charge in [-0.25, -0.2) is 0 Å². The number of likely N-dealkylation sites (tertiary alicyclic amines) is 1. The van der Waals surface area contributed by atoms with E-state index in [2.05, 4.69) is 48.3 Å². The molecular weight excluding hydrogens is 282 g/mol. The molecule has 116 valence electrons. The van der Waals surface area contributed by atoms with Crippen LogP contribution in [0.4, 0.5) is 0 Å². The summed E-state index contributed by atoms with van der Waals surface area (Å²) in [5, 5.41) is 0. The molecule has 1 aliphatic heterocycles. The molecule has 2 aliphatic rings. The van der Waals surface area contributed by atoms with E-state index < -0.39 is 0 Å². The molecule has 0 spiro atoms. The average Bonchev–Trinajstić information content (AvgIpc) is 2.60. The predicted molar refractivity (Wildman–Crippen MR) is 93.5 cm³/mol. The molecule has 0 amide bonds. The van der Waals surface area contributed by atoms with Gasteiger partial charge in [-0.2, -0.15) is 0 Å². The van der Waals surface area contributed by atoms with Crippen molar-refractivity contribution in [2.75, 3.05) is 20.1 Å². The van der Waals surface area contributed by atoms with Gasteiger partial charge in [0.05, 0.1) is 5.92 Å². The van der Waals surface area contributed by atoms with Gasteiger partial charge >= 0.3 is 0 Å². The molecule has 0 aromatic heterocycles. The minimum atomic E-state index is -0.141. The number of carbonyl (C=O) groups is 1. The molecule has 1 heterocycles. The Morgan fingerprint density at radius 3 is 1.96 bits per heavy atom. The summed E-state index contributed by atoms with van der Waals surface area (Å²) in [6.07, 6.45) is 3.31. The zero-order valence-corrected chi connectivity index (χ0v) is 13.5. The molecule has 2 aromatic rings. The standard InChI is InChI=1S/C21H21NO/c1-22-12-10-15(11-13-22)21-18-8-4-2-6-16(18)20(14-23)17-7-3-5-9-19(17)21/h2-9,14,20H,10-13H2,1H3. The van der Waals surface area contributed by atoms with Crippen molar-refractivity contribution >= 4 is 11.9 Å². The Balaban J connectivity index is 1.97. The number of carbonyl (C=O) groups excluding carboxylic acids is 1. The third-order valence-electron chi connectivity index (χ3n) is 5.21. The van der Waals surface area contributed by atoms with Crippen LogP contribution in [0.25, 0.3) is 5.57 Å². The highest BCUT2D eigenvalue weighted by molar-refractivity contribution is 5.92. The van der Waals surface area contributed by atoms with Gasteiger partial charge in [0.2, 0.25) is 0 Å². The second-order valence-electron chi connectivity index (χ2n) is 6.57. The number of hydrogen-bond donors (Lipinski definition) is 0. The molecule has 0 saturated carbocycles. The van der Waals surface area contributed by atoms with Crippen LogP contribution >= 0.6 is 0 Å². The van der Waals surface area contributed by atoms with Crippen LogP contribution in [0.5, 0.6) is 0 Å². The maximum atomic E-state index is 11.8. The SMILES string of the molecule is CN1CCC(=C2c3ccccc3C(C=O)c3ccccc32)CC1. The normalized spacial score (nSPS) is 20.8. The van der Waals surface area contributed by atoms with E-state index in [0.29, 0.717) is 0 Å². The first kappa shape index (κ1) is 14.4. The monoisotopic (exact) mass is 303 g/mol.